The van der Waals surface area contributed by atoms with Gasteiger partial charge in [-0.2, -0.15) is 0 Å². The number of unbranched alkanes of at least 4 members (excludes halogenated alkanes) is 38. The summed E-state index contributed by atoms with van der Waals surface area (Å²) in [7, 11) is 0. The summed E-state index contributed by atoms with van der Waals surface area (Å²) >= 11 is 0. The Morgan fingerprint density at radius 2 is 0.780 bits per heavy atom. The van der Waals surface area contributed by atoms with Gasteiger partial charge in [0.05, 0.1) is 25.4 Å². The third kappa shape index (κ3) is 45.9. The van der Waals surface area contributed by atoms with Crippen LogP contribution < -0.4 is 5.32 Å². The Balaban J connectivity index is 3.48. The van der Waals surface area contributed by atoms with E-state index in [4.69, 9.17) is 4.74 Å². The highest BCUT2D eigenvalue weighted by atomic mass is 16.5. The molecule has 0 bridgehead atoms. The number of nitrogens with one attached hydrogen (secondary N) is 1. The van der Waals surface area contributed by atoms with Gasteiger partial charge in [0.2, 0.25) is 5.91 Å². The Hall–Kier alpha value is -1.40. The Kier molecular flexibility index (Phi) is 48.1. The van der Waals surface area contributed by atoms with Gasteiger partial charge >= 0.3 is 5.97 Å². The van der Waals surface area contributed by atoms with Crippen molar-refractivity contribution in [3.63, 3.8) is 0 Å². The second kappa shape index (κ2) is 49.3. The van der Waals surface area contributed by atoms with E-state index in [-0.39, 0.29) is 18.5 Å². The number of rotatable bonds is 49. The maximum Gasteiger partial charge on any atom is 0.305 e. The fourth-order valence-corrected chi connectivity index (χ4v) is 8.22. The molecule has 350 valence electrons. The molecular formula is C53H103NO5. The van der Waals surface area contributed by atoms with Gasteiger partial charge in [0.25, 0.3) is 0 Å². The average molecular weight is 834 g/mol. The molecule has 0 aliphatic rings. The Morgan fingerprint density at radius 3 is 1.15 bits per heavy atom. The molecule has 0 aromatic rings. The van der Waals surface area contributed by atoms with E-state index in [1.807, 2.05) is 6.08 Å². The molecule has 0 aromatic heterocycles. The number of amides is 1. The number of esters is 1. The predicted octanol–water partition coefficient (Wildman–Crippen LogP) is 15.7. The van der Waals surface area contributed by atoms with E-state index in [2.05, 4.69) is 19.2 Å². The summed E-state index contributed by atoms with van der Waals surface area (Å²) < 4.78 is 5.46. The fourth-order valence-electron chi connectivity index (χ4n) is 8.22. The van der Waals surface area contributed by atoms with Gasteiger partial charge in [-0.3, -0.25) is 9.59 Å². The van der Waals surface area contributed by atoms with Crippen molar-refractivity contribution in [2.45, 2.75) is 302 Å². The average Bonchev–Trinajstić information content (AvgIpc) is 3.24. The first kappa shape index (κ1) is 57.6. The topological polar surface area (TPSA) is 95.9 Å². The van der Waals surface area contributed by atoms with Crippen molar-refractivity contribution >= 4 is 11.9 Å². The molecule has 2 unspecified atom stereocenters. The number of carbonyl (C=O) groups excluding carboxylic acids is 2. The van der Waals surface area contributed by atoms with Crippen LogP contribution >= 0.6 is 0 Å². The van der Waals surface area contributed by atoms with E-state index in [1.165, 1.54) is 205 Å². The Bertz CT molecular complexity index is 878. The lowest BCUT2D eigenvalue weighted by atomic mass is 10.0. The lowest BCUT2D eigenvalue weighted by molar-refractivity contribution is -0.143. The molecule has 0 fully saturated rings. The molecule has 0 aliphatic heterocycles. The zero-order valence-electron chi connectivity index (χ0n) is 39.7. The molecule has 0 saturated carbocycles. The summed E-state index contributed by atoms with van der Waals surface area (Å²) in [4.78, 5) is 24.5. The van der Waals surface area contributed by atoms with Crippen molar-refractivity contribution < 1.29 is 24.5 Å². The van der Waals surface area contributed by atoms with E-state index in [0.717, 1.165) is 57.8 Å². The summed E-state index contributed by atoms with van der Waals surface area (Å²) in [5.41, 5.74) is 0. The number of hydrogen-bond acceptors (Lipinski definition) is 5. The number of aliphatic hydroxyl groups is 2. The van der Waals surface area contributed by atoms with Gasteiger partial charge < -0.3 is 20.3 Å². The molecule has 0 aliphatic carbocycles. The minimum atomic E-state index is -0.853. The number of aliphatic hydroxyl groups excluding tert-OH is 2. The van der Waals surface area contributed by atoms with Gasteiger partial charge in [0.15, 0.2) is 0 Å². The van der Waals surface area contributed by atoms with Crippen LogP contribution in [-0.2, 0) is 14.3 Å². The second-order valence-corrected chi connectivity index (χ2v) is 18.2. The van der Waals surface area contributed by atoms with E-state index in [0.29, 0.717) is 19.4 Å². The summed E-state index contributed by atoms with van der Waals surface area (Å²) in [6, 6.07) is -0.638. The van der Waals surface area contributed by atoms with Crippen LogP contribution in [0, 0.1) is 0 Å². The van der Waals surface area contributed by atoms with Crippen LogP contribution in [0.3, 0.4) is 0 Å². The summed E-state index contributed by atoms with van der Waals surface area (Å²) in [6.45, 7) is 4.88. The Morgan fingerprint density at radius 1 is 0.458 bits per heavy atom. The molecule has 59 heavy (non-hydrogen) atoms. The molecular weight excluding hydrogens is 731 g/mol. The van der Waals surface area contributed by atoms with Crippen molar-refractivity contribution in [1.82, 2.24) is 5.32 Å². The smallest absolute Gasteiger partial charge is 0.305 e. The highest BCUT2D eigenvalue weighted by molar-refractivity contribution is 5.76. The lowest BCUT2D eigenvalue weighted by Crippen LogP contribution is -2.45. The van der Waals surface area contributed by atoms with E-state index >= 15 is 0 Å². The molecule has 6 heteroatoms. The van der Waals surface area contributed by atoms with Crippen LogP contribution in [-0.4, -0.2) is 47.4 Å². The molecule has 2 atom stereocenters. The number of hydrogen-bond donors (Lipinski definition) is 3. The largest absolute Gasteiger partial charge is 0.466 e. The minimum Gasteiger partial charge on any atom is -0.466 e. The van der Waals surface area contributed by atoms with E-state index < -0.39 is 12.1 Å². The maximum atomic E-state index is 12.4. The standard InChI is InChI=1S/C53H103NO5/c1-3-5-7-9-11-13-15-17-19-20-21-25-29-33-37-41-45-51(56)50(49-55)54-52(57)46-42-38-34-30-26-23-24-28-32-36-40-44-48-59-53(58)47-43-39-35-31-27-22-18-16-14-12-10-8-6-4-2/h41,45,50-51,55-56H,3-40,42-44,46-49H2,1-2H3,(H,54,57)/b45-41+. The van der Waals surface area contributed by atoms with Crippen molar-refractivity contribution in [1.29, 1.82) is 0 Å². The van der Waals surface area contributed by atoms with Crippen molar-refractivity contribution in [3.8, 4) is 0 Å². The number of carbonyl (C=O) groups is 2. The zero-order chi connectivity index (χ0) is 43.0. The first-order chi connectivity index (χ1) is 29.0. The van der Waals surface area contributed by atoms with Crippen LogP contribution in [0.1, 0.15) is 290 Å². The van der Waals surface area contributed by atoms with E-state index in [9.17, 15) is 19.8 Å². The van der Waals surface area contributed by atoms with Crippen LogP contribution in [0.25, 0.3) is 0 Å². The van der Waals surface area contributed by atoms with Crippen LogP contribution in [0.2, 0.25) is 0 Å². The molecule has 0 spiro atoms. The molecule has 0 saturated heterocycles. The highest BCUT2D eigenvalue weighted by Crippen LogP contribution is 2.16. The van der Waals surface area contributed by atoms with Crippen molar-refractivity contribution in [2.75, 3.05) is 13.2 Å². The van der Waals surface area contributed by atoms with Gasteiger partial charge in [-0.05, 0) is 32.1 Å². The normalized spacial score (nSPS) is 12.7. The Labute approximate surface area is 368 Å². The van der Waals surface area contributed by atoms with Crippen molar-refractivity contribution in [2.24, 2.45) is 0 Å². The van der Waals surface area contributed by atoms with Crippen molar-refractivity contribution in [3.05, 3.63) is 12.2 Å². The van der Waals surface area contributed by atoms with Gasteiger partial charge in [-0.1, -0.05) is 257 Å². The molecule has 3 N–H and O–H groups in total. The SMILES string of the molecule is CCCCCCCCCCCCCCCC/C=C/C(O)C(CO)NC(=O)CCCCCCCCCCCCCCOC(=O)CCCCCCCCCCCCCCCC. The maximum absolute atomic E-state index is 12.4. The molecule has 0 heterocycles. The van der Waals surface area contributed by atoms with Crippen LogP contribution in [0.4, 0.5) is 0 Å². The van der Waals surface area contributed by atoms with E-state index in [1.54, 1.807) is 6.08 Å². The van der Waals surface area contributed by atoms with Gasteiger partial charge in [0, 0.05) is 12.8 Å². The monoisotopic (exact) mass is 834 g/mol. The molecule has 1 amide bonds. The number of allylic oxidation sites excluding steroid dienone is 1. The van der Waals surface area contributed by atoms with Crippen LogP contribution in [0.5, 0.6) is 0 Å². The molecule has 0 aromatic carbocycles. The number of ether oxygens (including phenoxy) is 1. The molecule has 0 rings (SSSR count). The fraction of sp³-hybridized carbons (Fsp3) is 0.925. The quantitative estimate of drug-likeness (QED) is 0.0322. The minimum absolute atomic E-state index is 0.00826. The highest BCUT2D eigenvalue weighted by Gasteiger charge is 2.18. The molecule has 6 nitrogen and oxygen atoms in total. The van der Waals surface area contributed by atoms with Crippen LogP contribution in [0.15, 0.2) is 12.2 Å². The summed E-state index contributed by atoms with van der Waals surface area (Å²) in [5, 5.41) is 23.1. The van der Waals surface area contributed by atoms with Gasteiger partial charge in [0.1, 0.15) is 0 Å². The lowest BCUT2D eigenvalue weighted by Gasteiger charge is -2.20. The zero-order valence-corrected chi connectivity index (χ0v) is 39.7. The first-order valence-electron chi connectivity index (χ1n) is 26.5. The van der Waals surface area contributed by atoms with Gasteiger partial charge in [-0.25, -0.2) is 0 Å². The predicted molar refractivity (Wildman–Crippen MR) is 255 cm³/mol. The third-order valence-corrected chi connectivity index (χ3v) is 12.3. The second-order valence-electron chi connectivity index (χ2n) is 18.2. The third-order valence-electron chi connectivity index (χ3n) is 12.3. The first-order valence-corrected chi connectivity index (χ1v) is 26.5. The van der Waals surface area contributed by atoms with Gasteiger partial charge in [-0.15, -0.1) is 0 Å². The molecule has 0 radical (unpaired) electrons. The summed E-state index contributed by atoms with van der Waals surface area (Å²) in [5.74, 6) is -0.0899. The summed E-state index contributed by atoms with van der Waals surface area (Å²) in [6.07, 6.45) is 56.4.